The van der Waals surface area contributed by atoms with E-state index in [0.717, 1.165) is 16.6 Å². The molecule has 0 bridgehead atoms. The van der Waals surface area contributed by atoms with Crippen molar-refractivity contribution in [2.45, 2.75) is 45.1 Å². The highest BCUT2D eigenvalue weighted by atomic mass is 19.4. The number of rotatable bonds is 2. The molecule has 0 saturated heterocycles. The molecule has 1 aliphatic heterocycles. The summed E-state index contributed by atoms with van der Waals surface area (Å²) in [5, 5.41) is 20.0. The van der Waals surface area contributed by atoms with Crippen LogP contribution in [0.15, 0.2) is 12.4 Å². The van der Waals surface area contributed by atoms with Gasteiger partial charge in [0.25, 0.3) is 0 Å². The van der Waals surface area contributed by atoms with Gasteiger partial charge in [-0.05, 0) is 13.8 Å². The Hall–Kier alpha value is -2.50. The second-order valence-corrected chi connectivity index (χ2v) is 5.45. The van der Waals surface area contributed by atoms with E-state index in [1.807, 2.05) is 19.9 Å². The lowest BCUT2D eigenvalue weighted by Gasteiger charge is -2.33. The molecule has 1 aliphatic rings. The fraction of sp³-hybridized carbons (Fsp3) is 0.500. The van der Waals surface area contributed by atoms with E-state index in [1.165, 1.54) is 0 Å². The lowest BCUT2D eigenvalue weighted by atomic mass is 9.97. The van der Waals surface area contributed by atoms with E-state index in [0.29, 0.717) is 12.1 Å². The summed E-state index contributed by atoms with van der Waals surface area (Å²) in [6.07, 6.45) is -1.89. The van der Waals surface area contributed by atoms with Crippen molar-refractivity contribution >= 4 is 5.82 Å². The molecule has 0 aliphatic carbocycles. The number of aromatic nitrogens is 4. The third-order valence-corrected chi connectivity index (χ3v) is 4.17. The lowest BCUT2D eigenvalue weighted by Crippen LogP contribution is -2.36. The summed E-state index contributed by atoms with van der Waals surface area (Å²) in [6.45, 7) is 4.38. The molecular formula is C14H15F3N6. The minimum absolute atomic E-state index is 0.101. The molecule has 0 spiro atoms. The SMILES string of the molecule is CCn1ncc([C@@H]2C[C@@H](C(F)(F)F)n3ncc(C#N)c3N2)c1C. The molecule has 3 rings (SSSR count). The zero-order valence-corrected chi connectivity index (χ0v) is 12.6. The Kier molecular flexibility index (Phi) is 3.55. The minimum Gasteiger partial charge on any atom is -0.362 e. The molecule has 6 nitrogen and oxygen atoms in total. The number of nitrogens with zero attached hydrogens (tertiary/aromatic N) is 5. The van der Waals surface area contributed by atoms with E-state index >= 15 is 0 Å². The van der Waals surface area contributed by atoms with Crippen molar-refractivity contribution in [2.24, 2.45) is 0 Å². The van der Waals surface area contributed by atoms with Crippen LogP contribution in [-0.4, -0.2) is 25.7 Å². The Labute approximate surface area is 130 Å². The van der Waals surface area contributed by atoms with Gasteiger partial charge in [0.2, 0.25) is 0 Å². The molecule has 1 N–H and O–H groups in total. The van der Waals surface area contributed by atoms with Crippen molar-refractivity contribution in [2.75, 3.05) is 5.32 Å². The number of anilines is 1. The number of hydrogen-bond donors (Lipinski definition) is 1. The van der Waals surface area contributed by atoms with Crippen molar-refractivity contribution < 1.29 is 13.2 Å². The predicted molar refractivity (Wildman–Crippen MR) is 75.7 cm³/mol. The van der Waals surface area contributed by atoms with Gasteiger partial charge in [-0.1, -0.05) is 0 Å². The van der Waals surface area contributed by atoms with E-state index in [1.54, 1.807) is 10.9 Å². The van der Waals surface area contributed by atoms with Crippen molar-refractivity contribution in [3.05, 3.63) is 29.2 Å². The Bertz CT molecular complexity index is 767. The predicted octanol–water partition coefficient (Wildman–Crippen LogP) is 2.94. The largest absolute Gasteiger partial charge is 0.410 e. The van der Waals surface area contributed by atoms with E-state index in [2.05, 4.69) is 15.5 Å². The van der Waals surface area contributed by atoms with Gasteiger partial charge >= 0.3 is 6.18 Å². The highest BCUT2D eigenvalue weighted by Crippen LogP contribution is 2.44. The third kappa shape index (κ3) is 2.44. The summed E-state index contributed by atoms with van der Waals surface area (Å²) in [6, 6.07) is -0.463. The normalized spacial score (nSPS) is 20.7. The van der Waals surface area contributed by atoms with Crippen LogP contribution in [0.2, 0.25) is 0 Å². The molecule has 2 aromatic rings. The van der Waals surface area contributed by atoms with Gasteiger partial charge in [0.1, 0.15) is 17.5 Å². The number of fused-ring (bicyclic) bond motifs is 1. The van der Waals surface area contributed by atoms with E-state index < -0.39 is 18.3 Å². The maximum absolute atomic E-state index is 13.4. The van der Waals surface area contributed by atoms with E-state index in [-0.39, 0.29) is 17.8 Å². The number of aryl methyl sites for hydroxylation is 1. The summed E-state index contributed by atoms with van der Waals surface area (Å²) < 4.78 is 42.8. The van der Waals surface area contributed by atoms with E-state index in [4.69, 9.17) is 5.26 Å². The highest BCUT2D eigenvalue weighted by Gasteiger charge is 2.47. The van der Waals surface area contributed by atoms with Gasteiger partial charge in [-0.15, -0.1) is 0 Å². The molecule has 0 saturated carbocycles. The molecule has 122 valence electrons. The average molecular weight is 324 g/mol. The number of nitrogens with one attached hydrogen (secondary N) is 1. The standard InChI is InChI=1S/C14H15F3N6/c1-3-22-8(2)10(7-19-22)11-4-12(14(15,16)17)23-13(21-11)9(5-18)6-20-23/h6-7,11-12,21H,3-4H2,1-2H3/t11-,12-/m0/s1. The molecule has 2 aromatic heterocycles. The Morgan fingerprint density at radius 1 is 1.39 bits per heavy atom. The first kappa shape index (κ1) is 15.4. The van der Waals surface area contributed by atoms with Crippen molar-refractivity contribution in [3.63, 3.8) is 0 Å². The van der Waals surface area contributed by atoms with Gasteiger partial charge in [0.15, 0.2) is 6.04 Å². The zero-order chi connectivity index (χ0) is 16.8. The molecule has 3 heterocycles. The second kappa shape index (κ2) is 5.30. The number of hydrogen-bond acceptors (Lipinski definition) is 4. The van der Waals surface area contributed by atoms with Crippen molar-refractivity contribution in [1.29, 1.82) is 5.26 Å². The summed E-state index contributed by atoms with van der Waals surface area (Å²) in [5.74, 6) is 0.106. The first-order chi connectivity index (χ1) is 10.9. The molecule has 0 fully saturated rings. The van der Waals surface area contributed by atoms with Crippen LogP contribution in [0.4, 0.5) is 19.0 Å². The van der Waals surface area contributed by atoms with Crippen LogP contribution in [0.1, 0.15) is 42.2 Å². The van der Waals surface area contributed by atoms with Crippen LogP contribution >= 0.6 is 0 Å². The quantitative estimate of drug-likeness (QED) is 0.922. The van der Waals surface area contributed by atoms with Crippen LogP contribution in [0.3, 0.4) is 0 Å². The van der Waals surface area contributed by atoms with Crippen LogP contribution in [-0.2, 0) is 6.54 Å². The van der Waals surface area contributed by atoms with Crippen LogP contribution in [0.25, 0.3) is 0 Å². The summed E-state index contributed by atoms with van der Waals surface area (Å²) >= 11 is 0. The van der Waals surface area contributed by atoms with Crippen molar-refractivity contribution in [3.8, 4) is 6.07 Å². The van der Waals surface area contributed by atoms with Crippen LogP contribution < -0.4 is 5.32 Å². The Morgan fingerprint density at radius 3 is 2.70 bits per heavy atom. The van der Waals surface area contributed by atoms with Gasteiger partial charge in [0.05, 0.1) is 18.4 Å². The maximum Gasteiger partial charge on any atom is 0.410 e. The van der Waals surface area contributed by atoms with Gasteiger partial charge < -0.3 is 5.32 Å². The smallest absolute Gasteiger partial charge is 0.362 e. The fourth-order valence-corrected chi connectivity index (χ4v) is 2.97. The van der Waals surface area contributed by atoms with E-state index in [9.17, 15) is 13.2 Å². The van der Waals surface area contributed by atoms with Crippen molar-refractivity contribution in [1.82, 2.24) is 19.6 Å². The second-order valence-electron chi connectivity index (χ2n) is 5.45. The molecule has 0 radical (unpaired) electrons. The Morgan fingerprint density at radius 2 is 2.13 bits per heavy atom. The monoisotopic (exact) mass is 324 g/mol. The molecule has 0 aromatic carbocycles. The molecule has 9 heteroatoms. The lowest BCUT2D eigenvalue weighted by molar-refractivity contribution is -0.173. The third-order valence-electron chi connectivity index (χ3n) is 4.17. The van der Waals surface area contributed by atoms with Gasteiger partial charge in [-0.2, -0.15) is 28.6 Å². The average Bonchev–Trinajstić information content (AvgIpc) is 3.07. The van der Waals surface area contributed by atoms with Crippen LogP contribution in [0.5, 0.6) is 0 Å². The first-order valence-electron chi connectivity index (χ1n) is 7.20. The van der Waals surface area contributed by atoms with Crippen LogP contribution in [0, 0.1) is 18.3 Å². The summed E-state index contributed by atoms with van der Waals surface area (Å²) in [7, 11) is 0. The van der Waals surface area contributed by atoms with Gasteiger partial charge in [-0.3, -0.25) is 4.68 Å². The summed E-state index contributed by atoms with van der Waals surface area (Å²) in [4.78, 5) is 0. The minimum atomic E-state index is -4.44. The molecule has 2 atom stereocenters. The highest BCUT2D eigenvalue weighted by molar-refractivity contribution is 5.54. The zero-order valence-electron chi connectivity index (χ0n) is 12.6. The topological polar surface area (TPSA) is 71.5 Å². The number of alkyl halides is 3. The first-order valence-corrected chi connectivity index (χ1v) is 7.20. The summed E-state index contributed by atoms with van der Waals surface area (Å²) in [5.41, 5.74) is 1.62. The molecular weight excluding hydrogens is 309 g/mol. The van der Waals surface area contributed by atoms with Gasteiger partial charge in [-0.25, -0.2) is 4.68 Å². The maximum atomic E-state index is 13.4. The molecule has 0 unspecified atom stereocenters. The fourth-order valence-electron chi connectivity index (χ4n) is 2.97. The molecule has 23 heavy (non-hydrogen) atoms. The number of halogens is 3. The number of nitriles is 1. The van der Waals surface area contributed by atoms with Gasteiger partial charge in [0, 0.05) is 24.2 Å². The molecule has 0 amide bonds. The Balaban J connectivity index is 2.06.